The second kappa shape index (κ2) is 6.72. The summed E-state index contributed by atoms with van der Waals surface area (Å²) in [6, 6.07) is 15.4. The second-order valence-corrected chi connectivity index (χ2v) is 5.53. The molecule has 0 atom stereocenters. The molecule has 0 unspecified atom stereocenters. The number of benzene rings is 2. The van der Waals surface area contributed by atoms with Gasteiger partial charge in [0.05, 0.1) is 20.4 Å². The van der Waals surface area contributed by atoms with Gasteiger partial charge in [0.2, 0.25) is 5.78 Å². The van der Waals surface area contributed by atoms with Crippen molar-refractivity contribution in [1.82, 2.24) is 19.2 Å². The van der Waals surface area contributed by atoms with Crippen LogP contribution in [-0.4, -0.2) is 39.6 Å². The van der Waals surface area contributed by atoms with Crippen LogP contribution in [0.3, 0.4) is 0 Å². The van der Waals surface area contributed by atoms with Crippen molar-refractivity contribution in [2.45, 2.75) is 0 Å². The van der Waals surface area contributed by atoms with Gasteiger partial charge >= 0.3 is 0 Å². The average Bonchev–Trinajstić information content (AvgIpc) is 3.30. The molecule has 2 aromatic carbocycles. The lowest BCUT2D eigenvalue weighted by molar-refractivity contribution is 0.414. The van der Waals surface area contributed by atoms with Crippen LogP contribution in [0.15, 0.2) is 66.0 Å². The molecule has 2 heterocycles. The molecule has 4 aromatic rings. The third kappa shape index (κ3) is 2.79. The summed E-state index contributed by atoms with van der Waals surface area (Å²) in [6.45, 7) is 0. The Morgan fingerprint density at radius 2 is 1.81 bits per heavy atom. The van der Waals surface area contributed by atoms with E-state index < -0.39 is 0 Å². The summed E-state index contributed by atoms with van der Waals surface area (Å²) in [6.07, 6.45) is 5.16. The zero-order chi connectivity index (χ0) is 17.9. The Kier molecular flexibility index (Phi) is 4.10. The van der Waals surface area contributed by atoms with Crippen molar-refractivity contribution in [3.8, 4) is 17.2 Å². The van der Waals surface area contributed by atoms with E-state index in [-0.39, 0.29) is 0 Å². The minimum absolute atomic E-state index is 0.666. The first-order valence-electron chi connectivity index (χ1n) is 8.03. The smallest absolute Gasteiger partial charge is 0.239 e. The molecule has 0 amide bonds. The van der Waals surface area contributed by atoms with E-state index in [0.717, 1.165) is 22.7 Å². The molecule has 2 aromatic heterocycles. The van der Waals surface area contributed by atoms with Gasteiger partial charge in [0, 0.05) is 17.5 Å². The van der Waals surface area contributed by atoms with Gasteiger partial charge in [0.15, 0.2) is 5.82 Å². The predicted molar refractivity (Wildman–Crippen MR) is 99.1 cm³/mol. The van der Waals surface area contributed by atoms with E-state index in [1.54, 1.807) is 24.9 Å². The first-order chi connectivity index (χ1) is 12.8. The predicted octanol–water partition coefficient (Wildman–Crippen LogP) is 3.29. The number of aromatic nitrogens is 4. The van der Waals surface area contributed by atoms with Gasteiger partial charge in [-0.2, -0.15) is 14.6 Å². The molecule has 7 heteroatoms. The maximum atomic E-state index is 5.36. The molecule has 130 valence electrons. The molecular formula is C19H17N5O2. The molecule has 26 heavy (non-hydrogen) atoms. The maximum absolute atomic E-state index is 5.36. The van der Waals surface area contributed by atoms with Crippen molar-refractivity contribution in [3.63, 3.8) is 0 Å². The topological polar surface area (TPSA) is 65.9 Å². The third-order valence-electron chi connectivity index (χ3n) is 4.03. The molecule has 0 fully saturated rings. The zero-order valence-electron chi connectivity index (χ0n) is 14.4. The highest BCUT2D eigenvalue weighted by Crippen LogP contribution is 2.23. The minimum atomic E-state index is 0.666. The summed E-state index contributed by atoms with van der Waals surface area (Å²) >= 11 is 0. The fourth-order valence-electron chi connectivity index (χ4n) is 2.72. The number of methoxy groups -OCH3 is 2. The molecule has 0 spiro atoms. The number of hydrogen-bond acceptors (Lipinski definition) is 5. The van der Waals surface area contributed by atoms with Crippen molar-refractivity contribution in [2.24, 2.45) is 4.99 Å². The maximum Gasteiger partial charge on any atom is 0.239 e. The number of aliphatic imine (C=N–C) groups is 1. The Balaban J connectivity index is 1.75. The molecule has 0 aliphatic carbocycles. The SMILES string of the molecule is COc1ccc(-n2cc(/N=C/c3ccccc3OC)n3ncnc23)cc1. The van der Waals surface area contributed by atoms with Gasteiger partial charge in [-0.25, -0.2) is 4.99 Å². The van der Waals surface area contributed by atoms with Gasteiger partial charge in [-0.15, -0.1) is 0 Å². The van der Waals surface area contributed by atoms with Gasteiger partial charge in [0.1, 0.15) is 17.8 Å². The van der Waals surface area contributed by atoms with Gasteiger partial charge in [-0.05, 0) is 36.4 Å². The van der Waals surface area contributed by atoms with Crippen LogP contribution in [0.2, 0.25) is 0 Å². The van der Waals surface area contributed by atoms with Crippen molar-refractivity contribution in [1.29, 1.82) is 0 Å². The highest BCUT2D eigenvalue weighted by molar-refractivity contribution is 5.85. The van der Waals surface area contributed by atoms with Crippen LogP contribution in [0.25, 0.3) is 11.5 Å². The molecular weight excluding hydrogens is 330 g/mol. The van der Waals surface area contributed by atoms with E-state index in [0.29, 0.717) is 11.6 Å². The molecule has 0 bridgehead atoms. The molecule has 7 nitrogen and oxygen atoms in total. The lowest BCUT2D eigenvalue weighted by Crippen LogP contribution is -1.93. The van der Waals surface area contributed by atoms with Crippen LogP contribution in [0.1, 0.15) is 5.56 Å². The normalized spacial score (nSPS) is 11.3. The van der Waals surface area contributed by atoms with Gasteiger partial charge < -0.3 is 9.47 Å². The monoisotopic (exact) mass is 347 g/mol. The standard InChI is InChI=1S/C19H17N5O2/c1-25-16-9-7-15(8-10-16)23-12-18(24-19(23)21-13-22-24)20-11-14-5-3-4-6-17(14)26-2/h3-13H,1-2H3/b20-11+. The number of rotatable bonds is 5. The summed E-state index contributed by atoms with van der Waals surface area (Å²) < 4.78 is 14.2. The first-order valence-corrected chi connectivity index (χ1v) is 8.03. The Bertz CT molecular complexity index is 1060. The van der Waals surface area contributed by atoms with E-state index in [2.05, 4.69) is 15.1 Å². The summed E-state index contributed by atoms with van der Waals surface area (Å²) in [4.78, 5) is 8.91. The Labute approximate surface area is 150 Å². The quantitative estimate of drug-likeness (QED) is 0.520. The fourth-order valence-corrected chi connectivity index (χ4v) is 2.72. The summed E-state index contributed by atoms with van der Waals surface area (Å²) in [5.41, 5.74) is 1.84. The molecule has 0 aliphatic heterocycles. The number of para-hydroxylation sites is 1. The number of ether oxygens (including phenoxy) is 2. The molecule has 0 radical (unpaired) electrons. The van der Waals surface area contributed by atoms with Crippen molar-refractivity contribution in [2.75, 3.05) is 14.2 Å². The Hall–Kier alpha value is -3.61. The van der Waals surface area contributed by atoms with E-state index in [1.165, 1.54) is 6.33 Å². The molecule has 0 aliphatic rings. The summed E-state index contributed by atoms with van der Waals surface area (Å²) in [7, 11) is 3.29. The third-order valence-corrected chi connectivity index (χ3v) is 4.03. The van der Waals surface area contributed by atoms with E-state index in [1.807, 2.05) is 59.3 Å². The summed E-state index contributed by atoms with van der Waals surface area (Å²) in [5, 5.41) is 4.27. The molecule has 0 saturated heterocycles. The van der Waals surface area contributed by atoms with E-state index >= 15 is 0 Å². The number of nitrogens with zero attached hydrogens (tertiary/aromatic N) is 5. The van der Waals surface area contributed by atoms with Crippen LogP contribution < -0.4 is 9.47 Å². The summed E-state index contributed by atoms with van der Waals surface area (Å²) in [5.74, 6) is 2.91. The largest absolute Gasteiger partial charge is 0.497 e. The zero-order valence-corrected chi connectivity index (χ0v) is 14.4. The Morgan fingerprint density at radius 3 is 2.58 bits per heavy atom. The molecule has 4 rings (SSSR count). The number of hydrogen-bond donors (Lipinski definition) is 0. The van der Waals surface area contributed by atoms with Crippen LogP contribution in [0.5, 0.6) is 11.5 Å². The highest BCUT2D eigenvalue weighted by atomic mass is 16.5. The van der Waals surface area contributed by atoms with Gasteiger partial charge in [0.25, 0.3) is 0 Å². The Morgan fingerprint density at radius 1 is 1.00 bits per heavy atom. The highest BCUT2D eigenvalue weighted by Gasteiger charge is 2.11. The van der Waals surface area contributed by atoms with Crippen LogP contribution in [-0.2, 0) is 0 Å². The fraction of sp³-hybridized carbons (Fsp3) is 0.105. The van der Waals surface area contributed by atoms with Crippen molar-refractivity contribution >= 4 is 17.8 Å². The first kappa shape index (κ1) is 15.9. The van der Waals surface area contributed by atoms with E-state index in [4.69, 9.17) is 9.47 Å². The second-order valence-electron chi connectivity index (χ2n) is 5.53. The van der Waals surface area contributed by atoms with Crippen LogP contribution in [0.4, 0.5) is 5.82 Å². The average molecular weight is 347 g/mol. The molecule has 0 saturated carbocycles. The van der Waals surface area contributed by atoms with Gasteiger partial charge in [-0.3, -0.25) is 4.57 Å². The lowest BCUT2D eigenvalue weighted by Gasteiger charge is -2.04. The van der Waals surface area contributed by atoms with Crippen molar-refractivity contribution < 1.29 is 9.47 Å². The van der Waals surface area contributed by atoms with Gasteiger partial charge in [-0.1, -0.05) is 12.1 Å². The number of imidazole rings is 1. The van der Waals surface area contributed by atoms with Crippen molar-refractivity contribution in [3.05, 3.63) is 66.6 Å². The van der Waals surface area contributed by atoms with Crippen LogP contribution in [0, 0.1) is 0 Å². The minimum Gasteiger partial charge on any atom is -0.497 e. The van der Waals surface area contributed by atoms with Crippen LogP contribution >= 0.6 is 0 Å². The lowest BCUT2D eigenvalue weighted by atomic mass is 10.2. The molecule has 0 N–H and O–H groups in total. The van der Waals surface area contributed by atoms with E-state index in [9.17, 15) is 0 Å². The number of fused-ring (bicyclic) bond motifs is 1.